The predicted molar refractivity (Wildman–Crippen MR) is 144 cm³/mol. The van der Waals surface area contributed by atoms with E-state index in [0.717, 1.165) is 36.3 Å². The van der Waals surface area contributed by atoms with Crippen molar-refractivity contribution in [1.82, 2.24) is 14.8 Å². The van der Waals surface area contributed by atoms with Gasteiger partial charge in [-0.2, -0.15) is 0 Å². The van der Waals surface area contributed by atoms with Crippen LogP contribution in [0.4, 0.5) is 0 Å². The van der Waals surface area contributed by atoms with E-state index in [-0.39, 0.29) is 11.0 Å². The van der Waals surface area contributed by atoms with Gasteiger partial charge in [-0.15, -0.1) is 0 Å². The van der Waals surface area contributed by atoms with Crippen molar-refractivity contribution in [3.8, 4) is 0 Å². The lowest BCUT2D eigenvalue weighted by molar-refractivity contribution is 0.0342. The van der Waals surface area contributed by atoms with Crippen LogP contribution in [0.5, 0.6) is 0 Å². The number of hydrogen-bond donors (Lipinski definition) is 1. The zero-order valence-corrected chi connectivity index (χ0v) is 22.0. The Labute approximate surface area is 222 Å². The number of amides is 1. The molecule has 1 aliphatic heterocycles. The predicted octanol–water partition coefficient (Wildman–Crippen LogP) is 3.47. The number of hydrogen-bond acceptors (Lipinski definition) is 6. The minimum atomic E-state index is -0.411. The van der Waals surface area contributed by atoms with E-state index in [1.807, 2.05) is 41.8 Å². The van der Waals surface area contributed by atoms with E-state index < -0.39 is 5.91 Å². The zero-order valence-electron chi connectivity index (χ0n) is 21.2. The summed E-state index contributed by atoms with van der Waals surface area (Å²) in [6.07, 6.45) is 1.63. The normalized spacial score (nSPS) is 14.2. The highest BCUT2D eigenvalue weighted by Crippen LogP contribution is 2.17. The topological polar surface area (TPSA) is 82.0 Å². The quantitative estimate of drug-likeness (QED) is 0.363. The molecule has 37 heavy (non-hydrogen) atoms. The van der Waals surface area contributed by atoms with E-state index in [4.69, 9.17) is 25.8 Å². The van der Waals surface area contributed by atoms with E-state index in [1.54, 1.807) is 18.3 Å². The molecule has 0 saturated carbocycles. The Bertz CT molecular complexity index is 1240. The number of pyridine rings is 1. The summed E-state index contributed by atoms with van der Waals surface area (Å²) >= 11 is 5.96. The summed E-state index contributed by atoms with van der Waals surface area (Å²) < 4.78 is 18.4. The Morgan fingerprint density at radius 3 is 2.51 bits per heavy atom. The third-order valence-electron chi connectivity index (χ3n) is 6.32. The largest absolute Gasteiger partial charge is 0.379 e. The molecule has 8 nitrogen and oxygen atoms in total. The molecule has 0 radical (unpaired) electrons. The van der Waals surface area contributed by atoms with Crippen LogP contribution in [-0.2, 0) is 33.8 Å². The Hall–Kier alpha value is -2.75. The lowest BCUT2D eigenvalue weighted by Crippen LogP contribution is -2.35. The maximum atomic E-state index is 13.5. The highest BCUT2D eigenvalue weighted by atomic mass is 35.5. The van der Waals surface area contributed by atoms with E-state index >= 15 is 0 Å². The first-order chi connectivity index (χ1) is 18.0. The molecule has 9 heteroatoms. The molecule has 1 N–H and O–H groups in total. The fraction of sp³-hybridized carbons (Fsp3) is 0.429. The minimum absolute atomic E-state index is 0.110. The highest BCUT2D eigenvalue weighted by molar-refractivity contribution is 6.30. The van der Waals surface area contributed by atoms with Gasteiger partial charge >= 0.3 is 0 Å². The van der Waals surface area contributed by atoms with Gasteiger partial charge in [-0.25, -0.2) is 0 Å². The van der Waals surface area contributed by atoms with Gasteiger partial charge in [-0.1, -0.05) is 29.8 Å². The summed E-state index contributed by atoms with van der Waals surface area (Å²) in [5.41, 5.74) is 2.54. The van der Waals surface area contributed by atoms with Crippen molar-refractivity contribution >= 4 is 28.4 Å². The van der Waals surface area contributed by atoms with Gasteiger partial charge in [0.1, 0.15) is 5.56 Å². The molecule has 1 aliphatic rings. The van der Waals surface area contributed by atoms with Gasteiger partial charge < -0.3 is 24.1 Å². The summed E-state index contributed by atoms with van der Waals surface area (Å²) in [5, 5.41) is 4.03. The van der Waals surface area contributed by atoms with Gasteiger partial charge in [0.25, 0.3) is 5.91 Å². The smallest absolute Gasteiger partial charge is 0.257 e. The number of fused-ring (bicyclic) bond motifs is 1. The van der Waals surface area contributed by atoms with E-state index in [9.17, 15) is 9.59 Å². The van der Waals surface area contributed by atoms with Crippen molar-refractivity contribution in [3.63, 3.8) is 0 Å². The van der Waals surface area contributed by atoms with E-state index in [0.29, 0.717) is 63.1 Å². The molecule has 1 aromatic heterocycles. The molecule has 0 aliphatic carbocycles. The number of benzene rings is 2. The maximum Gasteiger partial charge on any atom is 0.257 e. The lowest BCUT2D eigenvalue weighted by Gasteiger charge is -2.26. The molecule has 2 heterocycles. The van der Waals surface area contributed by atoms with Crippen LogP contribution < -0.4 is 10.7 Å². The number of halogens is 1. The fourth-order valence-electron chi connectivity index (χ4n) is 4.31. The van der Waals surface area contributed by atoms with Gasteiger partial charge in [-0.3, -0.25) is 14.5 Å². The average Bonchev–Trinajstić information content (AvgIpc) is 2.92. The van der Waals surface area contributed by atoms with Crippen LogP contribution in [0.3, 0.4) is 0 Å². The molecule has 4 rings (SSSR count). The van der Waals surface area contributed by atoms with E-state index in [2.05, 4.69) is 10.2 Å². The second kappa shape index (κ2) is 13.7. The standard InChI is InChI=1S/C28H34ClN3O5/c1-2-35-15-16-37-14-11-32-20-25(28(34)30-18-21-3-6-23(29)7-4-21)27(33)24-17-22(5-8-26(24)32)19-31-9-12-36-13-10-31/h3-8,17,20H,2,9-16,18-19H2,1H3,(H,30,34). The summed E-state index contributed by atoms with van der Waals surface area (Å²) in [6.45, 7) is 8.71. The van der Waals surface area contributed by atoms with Crippen molar-refractivity contribution < 1.29 is 19.0 Å². The molecule has 2 aromatic carbocycles. The van der Waals surface area contributed by atoms with Gasteiger partial charge in [-0.05, 0) is 42.3 Å². The SMILES string of the molecule is CCOCCOCCn1cc(C(=O)NCc2ccc(Cl)cc2)c(=O)c2cc(CN3CCOCC3)ccc21. The molecule has 198 valence electrons. The summed E-state index contributed by atoms with van der Waals surface area (Å²) in [7, 11) is 0. The number of carbonyl (C=O) groups is 1. The Morgan fingerprint density at radius 2 is 1.76 bits per heavy atom. The van der Waals surface area contributed by atoms with E-state index in [1.165, 1.54) is 0 Å². The van der Waals surface area contributed by atoms with Crippen LogP contribution in [0.1, 0.15) is 28.4 Å². The van der Waals surface area contributed by atoms with Crippen LogP contribution >= 0.6 is 11.6 Å². The van der Waals surface area contributed by atoms with Crippen molar-refractivity contribution in [2.24, 2.45) is 0 Å². The second-order valence-electron chi connectivity index (χ2n) is 8.92. The van der Waals surface area contributed by atoms with Crippen LogP contribution in [0.25, 0.3) is 10.9 Å². The van der Waals surface area contributed by atoms with Gasteiger partial charge in [0.05, 0.1) is 38.6 Å². The Kier molecular flexibility index (Phi) is 10.1. The molecule has 1 saturated heterocycles. The molecule has 3 aromatic rings. The van der Waals surface area contributed by atoms with Gasteiger partial charge in [0, 0.05) is 55.9 Å². The van der Waals surface area contributed by atoms with Crippen molar-refractivity contribution in [2.75, 3.05) is 52.7 Å². The molecule has 0 spiro atoms. The van der Waals surface area contributed by atoms with Crippen LogP contribution in [0.15, 0.2) is 53.5 Å². The molecule has 0 unspecified atom stereocenters. The average molecular weight is 528 g/mol. The monoisotopic (exact) mass is 527 g/mol. The second-order valence-corrected chi connectivity index (χ2v) is 9.36. The number of aromatic nitrogens is 1. The summed E-state index contributed by atoms with van der Waals surface area (Å²) in [4.78, 5) is 28.9. The van der Waals surface area contributed by atoms with Crippen molar-refractivity contribution in [1.29, 1.82) is 0 Å². The first kappa shape index (κ1) is 27.3. The van der Waals surface area contributed by atoms with Crippen LogP contribution in [-0.4, -0.2) is 68.1 Å². The van der Waals surface area contributed by atoms with Crippen molar-refractivity contribution in [2.45, 2.75) is 26.6 Å². The van der Waals surface area contributed by atoms with Gasteiger partial charge in [0.15, 0.2) is 0 Å². The number of morpholine rings is 1. The first-order valence-electron chi connectivity index (χ1n) is 12.7. The Balaban J connectivity index is 1.57. The first-order valence-corrected chi connectivity index (χ1v) is 13.1. The maximum absolute atomic E-state index is 13.5. The van der Waals surface area contributed by atoms with Crippen molar-refractivity contribution in [3.05, 3.63) is 80.6 Å². The fourth-order valence-corrected chi connectivity index (χ4v) is 4.44. The molecule has 0 bridgehead atoms. The molecule has 0 atom stereocenters. The number of nitrogens with zero attached hydrogens (tertiary/aromatic N) is 2. The van der Waals surface area contributed by atoms with Crippen LogP contribution in [0, 0.1) is 0 Å². The summed E-state index contributed by atoms with van der Waals surface area (Å²) in [5.74, 6) is -0.411. The Morgan fingerprint density at radius 1 is 1.03 bits per heavy atom. The number of carbonyl (C=O) groups excluding carboxylic acids is 1. The molecular weight excluding hydrogens is 494 g/mol. The highest BCUT2D eigenvalue weighted by Gasteiger charge is 2.17. The number of rotatable bonds is 12. The third kappa shape index (κ3) is 7.63. The summed E-state index contributed by atoms with van der Waals surface area (Å²) in [6, 6.07) is 13.2. The van der Waals surface area contributed by atoms with Gasteiger partial charge in [0.2, 0.25) is 5.43 Å². The number of ether oxygens (including phenoxy) is 3. The zero-order chi connectivity index (χ0) is 26.0. The van der Waals surface area contributed by atoms with Crippen LogP contribution in [0.2, 0.25) is 5.02 Å². The molecular formula is C28H34ClN3O5. The molecule has 1 amide bonds. The molecule has 1 fully saturated rings. The third-order valence-corrected chi connectivity index (χ3v) is 6.57. The number of nitrogens with one attached hydrogen (secondary N) is 1. The lowest BCUT2D eigenvalue weighted by atomic mass is 10.1. The minimum Gasteiger partial charge on any atom is -0.379 e.